The topological polar surface area (TPSA) is 24.9 Å². The molecule has 2 rings (SSSR count). The molecule has 2 aromatic rings. The highest BCUT2D eigenvalue weighted by atomic mass is 35.5. The summed E-state index contributed by atoms with van der Waals surface area (Å²) in [4.78, 5) is 4.38. The Morgan fingerprint density at radius 1 is 1.22 bits per heavy atom. The minimum Gasteiger partial charge on any atom is -0.307 e. The van der Waals surface area contributed by atoms with Gasteiger partial charge in [0.25, 0.3) is 0 Å². The van der Waals surface area contributed by atoms with Gasteiger partial charge in [-0.05, 0) is 36.8 Å². The van der Waals surface area contributed by atoms with Crippen molar-refractivity contribution >= 4 is 11.6 Å². The van der Waals surface area contributed by atoms with Crippen molar-refractivity contribution in [3.63, 3.8) is 0 Å². The standard InChI is InChI=1S/C14H14ClFN2/c1-10-3-2-4-12(18-10)9-17-8-11-5-6-13(15)14(16)7-11/h2-7,17H,8-9H2,1H3. The molecule has 0 unspecified atom stereocenters. The van der Waals surface area contributed by atoms with Crippen molar-refractivity contribution in [1.29, 1.82) is 0 Å². The van der Waals surface area contributed by atoms with Crippen molar-refractivity contribution in [3.05, 3.63) is 64.2 Å². The molecule has 0 saturated heterocycles. The van der Waals surface area contributed by atoms with Gasteiger partial charge in [0.1, 0.15) is 5.82 Å². The Labute approximate surface area is 111 Å². The fourth-order valence-electron chi connectivity index (χ4n) is 1.68. The highest BCUT2D eigenvalue weighted by molar-refractivity contribution is 6.30. The minimum atomic E-state index is -0.385. The highest BCUT2D eigenvalue weighted by Gasteiger charge is 2.01. The number of hydrogen-bond donors (Lipinski definition) is 1. The molecule has 0 atom stereocenters. The largest absolute Gasteiger partial charge is 0.307 e. The van der Waals surface area contributed by atoms with Crippen molar-refractivity contribution < 1.29 is 4.39 Å². The summed E-state index contributed by atoms with van der Waals surface area (Å²) in [6, 6.07) is 10.7. The van der Waals surface area contributed by atoms with Crippen LogP contribution >= 0.6 is 11.6 Å². The van der Waals surface area contributed by atoms with E-state index in [1.165, 1.54) is 6.07 Å². The third-order valence-corrected chi connectivity index (χ3v) is 2.87. The number of benzene rings is 1. The number of aryl methyl sites for hydroxylation is 1. The van der Waals surface area contributed by atoms with Gasteiger partial charge in [-0.3, -0.25) is 4.98 Å². The van der Waals surface area contributed by atoms with Crippen LogP contribution in [0.15, 0.2) is 36.4 Å². The molecule has 2 nitrogen and oxygen atoms in total. The Bertz CT molecular complexity index is 543. The molecule has 1 heterocycles. The Morgan fingerprint density at radius 2 is 2.06 bits per heavy atom. The van der Waals surface area contributed by atoms with Crippen LogP contribution in [0.1, 0.15) is 17.0 Å². The van der Waals surface area contributed by atoms with E-state index < -0.39 is 0 Å². The Hall–Kier alpha value is -1.45. The second-order valence-corrected chi connectivity index (χ2v) is 4.53. The molecule has 0 aliphatic heterocycles. The molecule has 0 radical (unpaired) electrons. The van der Waals surface area contributed by atoms with Gasteiger partial charge in [-0.15, -0.1) is 0 Å². The molecule has 1 aromatic carbocycles. The van der Waals surface area contributed by atoms with E-state index >= 15 is 0 Å². The lowest BCUT2D eigenvalue weighted by molar-refractivity contribution is 0.619. The van der Waals surface area contributed by atoms with Crippen molar-refractivity contribution in [3.8, 4) is 0 Å². The minimum absolute atomic E-state index is 0.152. The fourth-order valence-corrected chi connectivity index (χ4v) is 1.80. The summed E-state index contributed by atoms with van der Waals surface area (Å²) >= 11 is 5.62. The van der Waals surface area contributed by atoms with Crippen LogP contribution in [0.5, 0.6) is 0 Å². The third kappa shape index (κ3) is 3.52. The Kier molecular flexibility index (Phi) is 4.28. The van der Waals surface area contributed by atoms with Gasteiger partial charge in [0.2, 0.25) is 0 Å². The number of nitrogens with one attached hydrogen (secondary N) is 1. The maximum atomic E-state index is 13.2. The van der Waals surface area contributed by atoms with Gasteiger partial charge in [-0.25, -0.2) is 4.39 Å². The molecule has 94 valence electrons. The summed E-state index contributed by atoms with van der Waals surface area (Å²) in [7, 11) is 0. The van der Waals surface area contributed by atoms with Gasteiger partial charge in [-0.2, -0.15) is 0 Å². The van der Waals surface area contributed by atoms with Crippen LogP contribution in [0.2, 0.25) is 5.02 Å². The zero-order valence-electron chi connectivity index (χ0n) is 10.1. The van der Waals surface area contributed by atoms with Gasteiger partial charge >= 0.3 is 0 Å². The second kappa shape index (κ2) is 5.94. The quantitative estimate of drug-likeness (QED) is 0.915. The zero-order valence-corrected chi connectivity index (χ0v) is 10.8. The van der Waals surface area contributed by atoms with Crippen molar-refractivity contribution in [1.82, 2.24) is 10.3 Å². The average Bonchev–Trinajstić information content (AvgIpc) is 2.34. The summed E-state index contributed by atoms with van der Waals surface area (Å²) in [5.41, 5.74) is 2.83. The monoisotopic (exact) mass is 264 g/mol. The Balaban J connectivity index is 1.90. The normalized spacial score (nSPS) is 10.6. The molecule has 0 aliphatic rings. The first-order valence-electron chi connectivity index (χ1n) is 5.72. The van der Waals surface area contributed by atoms with Gasteiger partial charge < -0.3 is 5.32 Å². The molecule has 4 heteroatoms. The molecule has 0 fully saturated rings. The van der Waals surface area contributed by atoms with Crippen molar-refractivity contribution in [2.45, 2.75) is 20.0 Å². The smallest absolute Gasteiger partial charge is 0.142 e. The van der Waals surface area contributed by atoms with Gasteiger partial charge in [-0.1, -0.05) is 23.7 Å². The predicted octanol–water partition coefficient (Wildman–Crippen LogP) is 3.47. The first kappa shape index (κ1) is 13.0. The van der Waals surface area contributed by atoms with Crippen LogP contribution < -0.4 is 5.32 Å². The van der Waals surface area contributed by atoms with Crippen LogP contribution in [0, 0.1) is 12.7 Å². The summed E-state index contributed by atoms with van der Waals surface area (Å²) in [6.07, 6.45) is 0. The molecular weight excluding hydrogens is 251 g/mol. The Morgan fingerprint density at radius 3 is 2.78 bits per heavy atom. The molecule has 1 aromatic heterocycles. The van der Waals surface area contributed by atoms with E-state index in [9.17, 15) is 4.39 Å². The first-order valence-corrected chi connectivity index (χ1v) is 6.10. The summed E-state index contributed by atoms with van der Waals surface area (Å²) in [5, 5.41) is 3.37. The van der Waals surface area contributed by atoms with E-state index in [1.54, 1.807) is 6.07 Å². The molecule has 0 bridgehead atoms. The van der Waals surface area contributed by atoms with E-state index in [0.29, 0.717) is 13.1 Å². The van der Waals surface area contributed by atoms with Crippen LogP contribution in [-0.2, 0) is 13.1 Å². The van der Waals surface area contributed by atoms with Crippen LogP contribution in [0.3, 0.4) is 0 Å². The molecule has 0 amide bonds. The number of halogens is 2. The first-order chi connectivity index (χ1) is 8.65. The van der Waals surface area contributed by atoms with Gasteiger partial charge in [0.05, 0.1) is 10.7 Å². The lowest BCUT2D eigenvalue weighted by Crippen LogP contribution is -2.14. The summed E-state index contributed by atoms with van der Waals surface area (Å²) in [6.45, 7) is 3.20. The number of aromatic nitrogens is 1. The van der Waals surface area contributed by atoms with Crippen molar-refractivity contribution in [2.24, 2.45) is 0 Å². The lowest BCUT2D eigenvalue weighted by Gasteiger charge is -2.06. The maximum absolute atomic E-state index is 13.2. The number of pyridine rings is 1. The van der Waals surface area contributed by atoms with E-state index in [0.717, 1.165) is 17.0 Å². The van der Waals surface area contributed by atoms with E-state index in [4.69, 9.17) is 11.6 Å². The molecule has 0 spiro atoms. The predicted molar refractivity (Wildman–Crippen MR) is 70.9 cm³/mol. The SMILES string of the molecule is Cc1cccc(CNCc2ccc(Cl)c(F)c2)n1. The maximum Gasteiger partial charge on any atom is 0.142 e. The molecule has 1 N–H and O–H groups in total. The molecular formula is C14H14ClFN2. The fraction of sp³-hybridized carbons (Fsp3) is 0.214. The van der Waals surface area contributed by atoms with Crippen LogP contribution in [-0.4, -0.2) is 4.98 Å². The average molecular weight is 265 g/mol. The molecule has 18 heavy (non-hydrogen) atoms. The summed E-state index contributed by atoms with van der Waals surface area (Å²) < 4.78 is 13.2. The number of rotatable bonds is 4. The van der Waals surface area contributed by atoms with Crippen molar-refractivity contribution in [2.75, 3.05) is 0 Å². The highest BCUT2D eigenvalue weighted by Crippen LogP contribution is 2.15. The summed E-state index contributed by atoms with van der Waals surface area (Å²) in [5.74, 6) is -0.385. The number of nitrogens with zero attached hydrogens (tertiary/aromatic N) is 1. The second-order valence-electron chi connectivity index (χ2n) is 4.12. The van der Waals surface area contributed by atoms with Gasteiger partial charge in [0, 0.05) is 18.8 Å². The van der Waals surface area contributed by atoms with E-state index in [2.05, 4.69) is 10.3 Å². The van der Waals surface area contributed by atoms with E-state index in [-0.39, 0.29) is 10.8 Å². The molecule has 0 aliphatic carbocycles. The van der Waals surface area contributed by atoms with Gasteiger partial charge in [0.15, 0.2) is 0 Å². The lowest BCUT2D eigenvalue weighted by atomic mass is 10.2. The van der Waals surface area contributed by atoms with Crippen LogP contribution in [0.25, 0.3) is 0 Å². The molecule has 0 saturated carbocycles. The number of hydrogen-bond acceptors (Lipinski definition) is 2. The van der Waals surface area contributed by atoms with E-state index in [1.807, 2.05) is 31.2 Å². The zero-order chi connectivity index (χ0) is 13.0. The van der Waals surface area contributed by atoms with Crippen LogP contribution in [0.4, 0.5) is 4.39 Å². The third-order valence-electron chi connectivity index (χ3n) is 2.57.